The molecule has 0 aliphatic rings. The molecule has 116 valence electrons. The van der Waals surface area contributed by atoms with E-state index < -0.39 is 0 Å². The molecule has 1 rings (SSSR count). The molecule has 1 aromatic rings. The lowest BCUT2D eigenvalue weighted by Gasteiger charge is -2.17. The predicted octanol–water partition coefficient (Wildman–Crippen LogP) is 4.59. The Morgan fingerprint density at radius 1 is 1.24 bits per heavy atom. The van der Waals surface area contributed by atoms with Gasteiger partial charge in [-0.1, -0.05) is 51.8 Å². The monoisotopic (exact) mass is 306 g/mol. The zero-order valence-electron chi connectivity index (χ0n) is 13.2. The van der Waals surface area contributed by atoms with Crippen molar-refractivity contribution in [3.8, 4) is 0 Å². The molecule has 0 bridgehead atoms. The predicted molar refractivity (Wildman–Crippen MR) is 93.7 cm³/mol. The molecule has 1 atom stereocenters. The maximum Gasteiger partial charge on any atom is 0.226 e. The van der Waals surface area contributed by atoms with Crippen LogP contribution in [0.2, 0.25) is 0 Å². The third kappa shape index (κ3) is 6.25. The number of hydrogen-bond donors (Lipinski definition) is 2. The third-order valence-electron chi connectivity index (χ3n) is 3.61. The van der Waals surface area contributed by atoms with E-state index in [1.54, 1.807) is 0 Å². The number of anilines is 1. The van der Waals surface area contributed by atoms with Crippen LogP contribution in [0.5, 0.6) is 0 Å². The van der Waals surface area contributed by atoms with E-state index in [1.165, 1.54) is 5.56 Å². The fraction of sp³-hybridized carbons (Fsp3) is 0.529. The van der Waals surface area contributed by atoms with Gasteiger partial charge in [-0.2, -0.15) is 0 Å². The first-order valence-electron chi connectivity index (χ1n) is 7.78. The number of benzene rings is 1. The van der Waals surface area contributed by atoms with Gasteiger partial charge in [0.1, 0.15) is 0 Å². The van der Waals surface area contributed by atoms with Crippen LogP contribution in [0.1, 0.15) is 64.4 Å². The van der Waals surface area contributed by atoms with Crippen LogP contribution in [0.3, 0.4) is 0 Å². The largest absolute Gasteiger partial charge is 0.332 e. The third-order valence-corrected chi connectivity index (χ3v) is 3.82. The van der Waals surface area contributed by atoms with Gasteiger partial charge in [0.2, 0.25) is 5.91 Å². The highest BCUT2D eigenvalue weighted by Crippen LogP contribution is 2.26. The molecule has 0 aromatic heterocycles. The normalized spacial score (nSPS) is 11.8. The van der Waals surface area contributed by atoms with Crippen molar-refractivity contribution >= 4 is 28.9 Å². The van der Waals surface area contributed by atoms with Gasteiger partial charge in [0.25, 0.3) is 0 Å². The van der Waals surface area contributed by atoms with Crippen LogP contribution in [-0.2, 0) is 4.79 Å². The number of carbonyl (C=O) groups excluding carboxylic acids is 1. The standard InChI is InChI=1S/C17H26N2OS/c1-4-6-7-12-16(20)19-17(21)18-15-11-9-8-10-14(15)13(3)5-2/h8-11,13H,4-7,12H2,1-3H3,(H2,18,19,20,21)/t13-/m1/s1. The summed E-state index contributed by atoms with van der Waals surface area (Å²) in [5.41, 5.74) is 2.20. The summed E-state index contributed by atoms with van der Waals surface area (Å²) >= 11 is 5.23. The topological polar surface area (TPSA) is 41.1 Å². The Hall–Kier alpha value is -1.42. The summed E-state index contributed by atoms with van der Waals surface area (Å²) < 4.78 is 0. The van der Waals surface area contributed by atoms with Crippen molar-refractivity contribution in [1.29, 1.82) is 0 Å². The molecule has 0 saturated heterocycles. The average molecular weight is 306 g/mol. The van der Waals surface area contributed by atoms with Gasteiger partial charge in [-0.05, 0) is 42.6 Å². The van der Waals surface area contributed by atoms with E-state index in [9.17, 15) is 4.79 Å². The highest BCUT2D eigenvalue weighted by molar-refractivity contribution is 7.80. The van der Waals surface area contributed by atoms with Crippen molar-refractivity contribution in [2.75, 3.05) is 5.32 Å². The molecule has 0 spiro atoms. The second kappa shape index (κ2) is 9.50. The first kappa shape index (κ1) is 17.6. The molecule has 0 heterocycles. The minimum Gasteiger partial charge on any atom is -0.332 e. The Morgan fingerprint density at radius 3 is 2.62 bits per heavy atom. The van der Waals surface area contributed by atoms with Crippen LogP contribution in [0.25, 0.3) is 0 Å². The fourth-order valence-electron chi connectivity index (χ4n) is 2.14. The number of thiocarbonyl (C=S) groups is 1. The van der Waals surface area contributed by atoms with Gasteiger partial charge in [0, 0.05) is 12.1 Å². The second-order valence-corrected chi connectivity index (χ2v) is 5.76. The fourth-order valence-corrected chi connectivity index (χ4v) is 2.36. The Morgan fingerprint density at radius 2 is 1.95 bits per heavy atom. The molecule has 1 amide bonds. The van der Waals surface area contributed by atoms with E-state index >= 15 is 0 Å². The highest BCUT2D eigenvalue weighted by atomic mass is 32.1. The molecule has 0 fully saturated rings. The van der Waals surface area contributed by atoms with Crippen molar-refractivity contribution in [2.24, 2.45) is 0 Å². The minimum atomic E-state index is -0.0121. The Kier molecular flexibility index (Phi) is 7.98. The number of amides is 1. The quantitative estimate of drug-likeness (QED) is 0.571. The minimum absolute atomic E-state index is 0.0121. The van der Waals surface area contributed by atoms with Crippen LogP contribution in [0, 0.1) is 0 Å². The summed E-state index contributed by atoms with van der Waals surface area (Å²) in [6.07, 6.45) is 4.69. The Balaban J connectivity index is 2.57. The molecule has 4 heteroatoms. The zero-order valence-corrected chi connectivity index (χ0v) is 14.1. The van der Waals surface area contributed by atoms with Crippen LogP contribution in [0.4, 0.5) is 5.69 Å². The van der Waals surface area contributed by atoms with Crippen LogP contribution < -0.4 is 10.6 Å². The highest BCUT2D eigenvalue weighted by Gasteiger charge is 2.10. The van der Waals surface area contributed by atoms with E-state index in [0.717, 1.165) is 31.4 Å². The number of nitrogens with one attached hydrogen (secondary N) is 2. The number of rotatable bonds is 7. The molecule has 1 aromatic carbocycles. The molecule has 0 aliphatic carbocycles. The maximum atomic E-state index is 11.8. The smallest absolute Gasteiger partial charge is 0.226 e. The number of para-hydroxylation sites is 1. The Bertz CT molecular complexity index is 474. The summed E-state index contributed by atoms with van der Waals surface area (Å²) in [6, 6.07) is 8.10. The first-order chi connectivity index (χ1) is 10.1. The lowest BCUT2D eigenvalue weighted by atomic mass is 9.97. The van der Waals surface area contributed by atoms with E-state index in [1.807, 2.05) is 18.2 Å². The van der Waals surface area contributed by atoms with Crippen LogP contribution in [-0.4, -0.2) is 11.0 Å². The van der Waals surface area contributed by atoms with E-state index in [4.69, 9.17) is 12.2 Å². The van der Waals surface area contributed by atoms with Gasteiger partial charge in [-0.3, -0.25) is 4.79 Å². The molecule has 0 radical (unpaired) electrons. The van der Waals surface area contributed by atoms with E-state index in [0.29, 0.717) is 17.5 Å². The van der Waals surface area contributed by atoms with Crippen molar-refractivity contribution in [2.45, 2.75) is 58.8 Å². The summed E-state index contributed by atoms with van der Waals surface area (Å²) in [5, 5.41) is 6.28. The summed E-state index contributed by atoms with van der Waals surface area (Å²) in [7, 11) is 0. The van der Waals surface area contributed by atoms with E-state index in [2.05, 4.69) is 37.5 Å². The van der Waals surface area contributed by atoms with Gasteiger partial charge < -0.3 is 10.6 Å². The second-order valence-electron chi connectivity index (χ2n) is 5.36. The van der Waals surface area contributed by atoms with Gasteiger partial charge in [0.05, 0.1) is 0 Å². The molecule has 21 heavy (non-hydrogen) atoms. The van der Waals surface area contributed by atoms with Crippen LogP contribution >= 0.6 is 12.2 Å². The number of unbranched alkanes of at least 4 members (excludes halogenated alkanes) is 2. The van der Waals surface area contributed by atoms with Crippen LogP contribution in [0.15, 0.2) is 24.3 Å². The molecule has 0 unspecified atom stereocenters. The number of carbonyl (C=O) groups is 1. The van der Waals surface area contributed by atoms with Gasteiger partial charge >= 0.3 is 0 Å². The molecule has 0 saturated carbocycles. The van der Waals surface area contributed by atoms with Crippen molar-refractivity contribution in [3.05, 3.63) is 29.8 Å². The molecular formula is C17H26N2OS. The first-order valence-corrected chi connectivity index (χ1v) is 8.19. The molecule has 3 nitrogen and oxygen atoms in total. The Labute approximate surface area is 133 Å². The summed E-state index contributed by atoms with van der Waals surface area (Å²) in [5.74, 6) is 0.443. The lowest BCUT2D eigenvalue weighted by Crippen LogP contribution is -2.34. The molecular weight excluding hydrogens is 280 g/mol. The maximum absolute atomic E-state index is 11.8. The molecule has 2 N–H and O–H groups in total. The lowest BCUT2D eigenvalue weighted by molar-refractivity contribution is -0.119. The van der Waals surface area contributed by atoms with E-state index in [-0.39, 0.29) is 5.91 Å². The average Bonchev–Trinajstić information content (AvgIpc) is 2.47. The SMILES string of the molecule is CCCCCC(=O)NC(=S)Nc1ccccc1[C@H](C)CC. The van der Waals surface area contributed by atoms with Crippen molar-refractivity contribution < 1.29 is 4.79 Å². The van der Waals surface area contributed by atoms with Crippen molar-refractivity contribution in [3.63, 3.8) is 0 Å². The zero-order chi connectivity index (χ0) is 15.7. The van der Waals surface area contributed by atoms with Gasteiger partial charge in [0.15, 0.2) is 5.11 Å². The van der Waals surface area contributed by atoms with Gasteiger partial charge in [-0.25, -0.2) is 0 Å². The van der Waals surface area contributed by atoms with Gasteiger partial charge in [-0.15, -0.1) is 0 Å². The van der Waals surface area contributed by atoms with Crippen molar-refractivity contribution in [1.82, 2.24) is 5.32 Å². The number of hydrogen-bond acceptors (Lipinski definition) is 2. The summed E-state index contributed by atoms with van der Waals surface area (Å²) in [4.78, 5) is 11.8. The summed E-state index contributed by atoms with van der Waals surface area (Å²) in [6.45, 7) is 6.47. The molecule has 0 aliphatic heterocycles.